The van der Waals surface area contributed by atoms with Crippen LogP contribution >= 0.6 is 22.9 Å². The number of carbonyl (C=O) groups is 1. The van der Waals surface area contributed by atoms with Crippen molar-refractivity contribution in [3.8, 4) is 11.5 Å². The summed E-state index contributed by atoms with van der Waals surface area (Å²) in [6.45, 7) is 2.91. The smallest absolute Gasteiger partial charge is 0.279 e. The monoisotopic (exact) mass is 360 g/mol. The van der Waals surface area contributed by atoms with Crippen molar-refractivity contribution < 1.29 is 14.3 Å². The molecule has 1 amide bonds. The lowest BCUT2D eigenvalue weighted by molar-refractivity contribution is 0.0997. The highest BCUT2D eigenvalue weighted by Crippen LogP contribution is 2.32. The van der Waals surface area contributed by atoms with Gasteiger partial charge in [0.1, 0.15) is 0 Å². The Morgan fingerprint density at radius 1 is 1.25 bits per heavy atom. The molecular formula is C17H13ClN2O3S. The number of hydrogen-bond acceptors (Lipinski definition) is 4. The summed E-state index contributed by atoms with van der Waals surface area (Å²) >= 11 is 7.50. The van der Waals surface area contributed by atoms with Crippen LogP contribution in [0.5, 0.6) is 11.5 Å². The quantitative estimate of drug-likeness (QED) is 0.697. The maximum atomic E-state index is 12.5. The van der Waals surface area contributed by atoms with Gasteiger partial charge in [0.25, 0.3) is 5.91 Å². The zero-order valence-electron chi connectivity index (χ0n) is 12.8. The number of hydrogen-bond donors (Lipinski definition) is 0. The SMILES string of the molecule is CCn1c(=NC(=O)c2ccc3c(c2)OCO3)sc2cc(Cl)ccc21. The zero-order chi connectivity index (χ0) is 16.7. The van der Waals surface area contributed by atoms with Crippen LogP contribution in [0.15, 0.2) is 41.4 Å². The summed E-state index contributed by atoms with van der Waals surface area (Å²) in [5, 5.41) is 0.667. The standard InChI is InChI=1S/C17H13ClN2O3S/c1-2-20-12-5-4-11(18)8-15(12)24-17(20)19-16(21)10-3-6-13-14(7-10)23-9-22-13/h3-8H,2,9H2,1H3. The number of aromatic nitrogens is 1. The van der Waals surface area contributed by atoms with Gasteiger partial charge in [0.05, 0.1) is 10.2 Å². The summed E-state index contributed by atoms with van der Waals surface area (Å²) in [4.78, 5) is 17.5. The second-order valence-electron chi connectivity index (χ2n) is 5.23. The summed E-state index contributed by atoms with van der Waals surface area (Å²) in [5.41, 5.74) is 1.49. The van der Waals surface area contributed by atoms with Gasteiger partial charge in [-0.1, -0.05) is 22.9 Å². The Kier molecular flexibility index (Phi) is 3.78. The van der Waals surface area contributed by atoms with E-state index in [4.69, 9.17) is 21.1 Å². The lowest BCUT2D eigenvalue weighted by atomic mass is 10.2. The van der Waals surface area contributed by atoms with E-state index in [-0.39, 0.29) is 12.7 Å². The summed E-state index contributed by atoms with van der Waals surface area (Å²) < 4.78 is 13.6. The molecule has 122 valence electrons. The van der Waals surface area contributed by atoms with Gasteiger partial charge in [-0.3, -0.25) is 4.79 Å². The van der Waals surface area contributed by atoms with Gasteiger partial charge in [-0.15, -0.1) is 0 Å². The van der Waals surface area contributed by atoms with Crippen molar-refractivity contribution in [3.63, 3.8) is 0 Å². The fourth-order valence-electron chi connectivity index (χ4n) is 2.62. The molecule has 24 heavy (non-hydrogen) atoms. The summed E-state index contributed by atoms with van der Waals surface area (Å²) in [6.07, 6.45) is 0. The molecule has 0 aliphatic carbocycles. The molecule has 5 nitrogen and oxygen atoms in total. The Labute approximate surface area is 146 Å². The highest BCUT2D eigenvalue weighted by atomic mass is 35.5. The molecule has 0 bridgehead atoms. The van der Waals surface area contributed by atoms with E-state index in [0.29, 0.717) is 26.9 Å². The number of amides is 1. The molecule has 0 fully saturated rings. The molecule has 1 aliphatic rings. The van der Waals surface area contributed by atoms with E-state index in [1.807, 2.05) is 29.7 Å². The molecule has 1 aliphatic heterocycles. The fraction of sp³-hybridized carbons (Fsp3) is 0.176. The van der Waals surface area contributed by atoms with Crippen molar-refractivity contribution in [2.75, 3.05) is 6.79 Å². The van der Waals surface area contributed by atoms with E-state index in [2.05, 4.69) is 4.99 Å². The first-order valence-electron chi connectivity index (χ1n) is 7.43. The third-order valence-corrected chi connectivity index (χ3v) is 5.05. The molecule has 3 aromatic rings. The number of nitrogens with zero attached hydrogens (tertiary/aromatic N) is 2. The minimum absolute atomic E-state index is 0.178. The van der Waals surface area contributed by atoms with Gasteiger partial charge in [-0.2, -0.15) is 4.99 Å². The molecular weight excluding hydrogens is 348 g/mol. The normalized spacial score (nSPS) is 13.7. The molecule has 1 aromatic heterocycles. The average Bonchev–Trinajstić information content (AvgIpc) is 3.17. The number of ether oxygens (including phenoxy) is 2. The van der Waals surface area contributed by atoms with Gasteiger partial charge in [0.2, 0.25) is 6.79 Å². The van der Waals surface area contributed by atoms with Crippen LogP contribution in [0, 0.1) is 0 Å². The predicted molar refractivity (Wildman–Crippen MR) is 93.0 cm³/mol. The maximum absolute atomic E-state index is 12.5. The number of rotatable bonds is 2. The Hall–Kier alpha value is -2.31. The molecule has 0 saturated heterocycles. The van der Waals surface area contributed by atoms with Crippen molar-refractivity contribution in [2.45, 2.75) is 13.5 Å². The van der Waals surface area contributed by atoms with Gasteiger partial charge < -0.3 is 14.0 Å². The van der Waals surface area contributed by atoms with Crippen LogP contribution in [-0.2, 0) is 6.54 Å². The van der Waals surface area contributed by atoms with Crippen molar-refractivity contribution >= 4 is 39.1 Å². The number of halogens is 1. The third kappa shape index (κ3) is 2.57. The molecule has 0 atom stereocenters. The van der Waals surface area contributed by atoms with Crippen LogP contribution in [0.3, 0.4) is 0 Å². The fourth-order valence-corrected chi connectivity index (χ4v) is 3.99. The van der Waals surface area contributed by atoms with Crippen LogP contribution in [0.2, 0.25) is 5.02 Å². The van der Waals surface area contributed by atoms with E-state index < -0.39 is 0 Å². The molecule has 4 rings (SSSR count). The second-order valence-corrected chi connectivity index (χ2v) is 6.67. The minimum Gasteiger partial charge on any atom is -0.454 e. The highest BCUT2D eigenvalue weighted by molar-refractivity contribution is 7.16. The van der Waals surface area contributed by atoms with Crippen LogP contribution < -0.4 is 14.3 Å². The number of carbonyl (C=O) groups excluding carboxylic acids is 1. The Balaban J connectivity index is 1.80. The lowest BCUT2D eigenvalue weighted by Crippen LogP contribution is -2.15. The minimum atomic E-state index is -0.312. The summed E-state index contributed by atoms with van der Waals surface area (Å²) in [5.74, 6) is 0.905. The second kappa shape index (κ2) is 5.96. The maximum Gasteiger partial charge on any atom is 0.279 e. The number of fused-ring (bicyclic) bond motifs is 2. The van der Waals surface area contributed by atoms with E-state index in [0.717, 1.165) is 16.8 Å². The van der Waals surface area contributed by atoms with Crippen LogP contribution in [0.4, 0.5) is 0 Å². The first-order valence-corrected chi connectivity index (χ1v) is 8.63. The first-order chi connectivity index (χ1) is 11.7. The van der Waals surface area contributed by atoms with Crippen molar-refractivity contribution in [3.05, 3.63) is 51.8 Å². The van der Waals surface area contributed by atoms with Gasteiger partial charge in [-0.25, -0.2) is 0 Å². The van der Waals surface area contributed by atoms with Crippen molar-refractivity contribution in [1.29, 1.82) is 0 Å². The van der Waals surface area contributed by atoms with Crippen LogP contribution in [0.1, 0.15) is 17.3 Å². The first kappa shape index (κ1) is 15.2. The van der Waals surface area contributed by atoms with E-state index in [1.54, 1.807) is 18.2 Å². The molecule has 7 heteroatoms. The Bertz CT molecular complexity index is 1020. The van der Waals surface area contributed by atoms with Gasteiger partial charge >= 0.3 is 0 Å². The summed E-state index contributed by atoms with van der Waals surface area (Å²) in [6, 6.07) is 10.8. The Morgan fingerprint density at radius 3 is 2.92 bits per heavy atom. The average molecular weight is 361 g/mol. The van der Waals surface area contributed by atoms with Crippen LogP contribution in [0.25, 0.3) is 10.2 Å². The Morgan fingerprint density at radius 2 is 2.08 bits per heavy atom. The largest absolute Gasteiger partial charge is 0.454 e. The van der Waals surface area contributed by atoms with E-state index in [9.17, 15) is 4.79 Å². The molecule has 2 heterocycles. The zero-order valence-corrected chi connectivity index (χ0v) is 14.4. The molecule has 0 unspecified atom stereocenters. The van der Waals surface area contributed by atoms with E-state index >= 15 is 0 Å². The molecule has 0 radical (unpaired) electrons. The lowest BCUT2D eigenvalue weighted by Gasteiger charge is -2.01. The van der Waals surface area contributed by atoms with Gasteiger partial charge in [0, 0.05) is 17.1 Å². The number of thiazole rings is 1. The topological polar surface area (TPSA) is 52.8 Å². The summed E-state index contributed by atoms with van der Waals surface area (Å²) in [7, 11) is 0. The molecule has 0 N–H and O–H groups in total. The van der Waals surface area contributed by atoms with E-state index in [1.165, 1.54) is 11.3 Å². The third-order valence-electron chi connectivity index (χ3n) is 3.78. The molecule has 2 aromatic carbocycles. The van der Waals surface area contributed by atoms with Gasteiger partial charge in [-0.05, 0) is 43.3 Å². The highest BCUT2D eigenvalue weighted by Gasteiger charge is 2.16. The van der Waals surface area contributed by atoms with Crippen LogP contribution in [-0.4, -0.2) is 17.3 Å². The molecule has 0 saturated carbocycles. The van der Waals surface area contributed by atoms with Crippen molar-refractivity contribution in [1.82, 2.24) is 4.57 Å². The van der Waals surface area contributed by atoms with Gasteiger partial charge in [0.15, 0.2) is 16.3 Å². The predicted octanol–water partition coefficient (Wildman–Crippen LogP) is 3.85. The number of aryl methyl sites for hydroxylation is 1. The molecule has 0 spiro atoms. The number of benzene rings is 2. The van der Waals surface area contributed by atoms with Crippen molar-refractivity contribution in [2.24, 2.45) is 4.99 Å².